The zero-order valence-corrected chi connectivity index (χ0v) is 13.4. The van der Waals surface area contributed by atoms with Crippen molar-refractivity contribution in [2.24, 2.45) is 5.92 Å². The first-order chi connectivity index (χ1) is 10.5. The first-order valence-corrected chi connectivity index (χ1v) is 8.07. The van der Waals surface area contributed by atoms with Crippen LogP contribution in [0.5, 0.6) is 0 Å². The Bertz CT molecular complexity index is 477. The van der Waals surface area contributed by atoms with E-state index in [1.807, 2.05) is 6.92 Å². The van der Waals surface area contributed by atoms with Crippen LogP contribution < -0.4 is 10.6 Å². The fraction of sp³-hybridized carbons (Fsp3) is 0.588. The minimum absolute atomic E-state index is 0.143. The average Bonchev–Trinajstić information content (AvgIpc) is 2.48. The van der Waals surface area contributed by atoms with Gasteiger partial charge in [0.15, 0.2) is 0 Å². The summed E-state index contributed by atoms with van der Waals surface area (Å²) in [5.74, 6) is 0.484. The van der Waals surface area contributed by atoms with Gasteiger partial charge in [-0.1, -0.05) is 19.1 Å². The van der Waals surface area contributed by atoms with Crippen LogP contribution in [-0.4, -0.2) is 37.1 Å². The van der Waals surface area contributed by atoms with E-state index in [0.29, 0.717) is 6.54 Å². The van der Waals surface area contributed by atoms with Gasteiger partial charge in [-0.25, -0.2) is 9.18 Å². The Hall–Kier alpha value is -1.62. The quantitative estimate of drug-likeness (QED) is 0.878. The second-order valence-electron chi connectivity index (χ2n) is 6.22. The first kappa shape index (κ1) is 16.7. The molecule has 1 aliphatic heterocycles. The molecule has 0 saturated carbocycles. The number of carbonyl (C=O) groups excluding carboxylic acids is 1. The molecule has 1 fully saturated rings. The second-order valence-corrected chi connectivity index (χ2v) is 6.22. The highest BCUT2D eigenvalue weighted by atomic mass is 19.1. The summed E-state index contributed by atoms with van der Waals surface area (Å²) in [6.45, 7) is 7.95. The molecule has 1 heterocycles. The molecule has 122 valence electrons. The molecule has 2 unspecified atom stereocenters. The molecule has 0 spiro atoms. The molecular formula is C17H26FN3O. The number of likely N-dealkylation sites (tertiary alicyclic amines) is 1. The number of rotatable bonds is 5. The molecular weight excluding hydrogens is 281 g/mol. The number of carbonyl (C=O) groups is 1. The molecule has 0 aromatic heterocycles. The van der Waals surface area contributed by atoms with Crippen LogP contribution in [0.25, 0.3) is 0 Å². The molecule has 2 rings (SSSR count). The Morgan fingerprint density at radius 1 is 1.41 bits per heavy atom. The molecule has 2 atom stereocenters. The number of amides is 2. The highest BCUT2D eigenvalue weighted by Gasteiger charge is 2.16. The molecule has 1 aromatic carbocycles. The topological polar surface area (TPSA) is 44.4 Å². The molecule has 2 amide bonds. The Morgan fingerprint density at radius 2 is 2.14 bits per heavy atom. The van der Waals surface area contributed by atoms with Gasteiger partial charge >= 0.3 is 6.03 Å². The van der Waals surface area contributed by atoms with Crippen molar-refractivity contribution in [2.45, 2.75) is 32.7 Å². The molecule has 0 bridgehead atoms. The maximum Gasteiger partial charge on any atom is 0.315 e. The van der Waals surface area contributed by atoms with Crippen LogP contribution in [0.3, 0.4) is 0 Å². The van der Waals surface area contributed by atoms with Crippen molar-refractivity contribution in [2.75, 3.05) is 26.2 Å². The van der Waals surface area contributed by atoms with Gasteiger partial charge in [-0.15, -0.1) is 0 Å². The maximum atomic E-state index is 12.9. The summed E-state index contributed by atoms with van der Waals surface area (Å²) in [5, 5.41) is 5.76. The lowest BCUT2D eigenvalue weighted by Crippen LogP contribution is -2.43. The number of hydrogen-bond acceptors (Lipinski definition) is 2. The van der Waals surface area contributed by atoms with E-state index in [4.69, 9.17) is 0 Å². The Kier molecular flexibility index (Phi) is 6.19. The number of benzene rings is 1. The van der Waals surface area contributed by atoms with Crippen LogP contribution in [0.1, 0.15) is 38.3 Å². The number of hydrogen-bond donors (Lipinski definition) is 2. The summed E-state index contributed by atoms with van der Waals surface area (Å²) in [6, 6.07) is 5.87. The average molecular weight is 307 g/mol. The summed E-state index contributed by atoms with van der Waals surface area (Å²) in [5.41, 5.74) is 0.890. The molecule has 4 nitrogen and oxygen atoms in total. The van der Waals surface area contributed by atoms with Crippen molar-refractivity contribution in [3.8, 4) is 0 Å². The van der Waals surface area contributed by atoms with Crippen molar-refractivity contribution in [1.29, 1.82) is 0 Å². The van der Waals surface area contributed by atoms with Crippen LogP contribution >= 0.6 is 0 Å². The lowest BCUT2D eigenvalue weighted by Gasteiger charge is -2.30. The summed E-state index contributed by atoms with van der Waals surface area (Å²) in [6.07, 6.45) is 2.55. The number of nitrogens with zero attached hydrogens (tertiary/aromatic N) is 1. The summed E-state index contributed by atoms with van der Waals surface area (Å²) in [7, 11) is 0. The summed E-state index contributed by atoms with van der Waals surface area (Å²) >= 11 is 0. The zero-order chi connectivity index (χ0) is 15.9. The van der Waals surface area contributed by atoms with Gasteiger partial charge in [0.2, 0.25) is 0 Å². The number of halogens is 1. The lowest BCUT2D eigenvalue weighted by molar-refractivity contribution is 0.183. The van der Waals surface area contributed by atoms with E-state index in [9.17, 15) is 9.18 Å². The Morgan fingerprint density at radius 3 is 2.82 bits per heavy atom. The SMILES string of the molecule is CC1CCCN(CCNC(=O)NC(C)c2ccc(F)cc2)C1. The van der Waals surface area contributed by atoms with Gasteiger partial charge in [0.1, 0.15) is 5.82 Å². The van der Waals surface area contributed by atoms with E-state index >= 15 is 0 Å². The number of nitrogens with one attached hydrogen (secondary N) is 2. The van der Waals surface area contributed by atoms with Crippen LogP contribution in [0.4, 0.5) is 9.18 Å². The second kappa shape index (κ2) is 8.13. The fourth-order valence-corrected chi connectivity index (χ4v) is 2.90. The van der Waals surface area contributed by atoms with Gasteiger partial charge in [-0.05, 0) is 49.9 Å². The first-order valence-electron chi connectivity index (χ1n) is 8.07. The largest absolute Gasteiger partial charge is 0.337 e. The standard InChI is InChI=1S/C17H26FN3O/c1-13-4-3-10-21(12-13)11-9-19-17(22)20-14(2)15-5-7-16(18)8-6-15/h5-8,13-14H,3-4,9-12H2,1-2H3,(H2,19,20,22). The third-order valence-electron chi connectivity index (χ3n) is 4.17. The molecule has 2 N–H and O–H groups in total. The van der Waals surface area contributed by atoms with Gasteiger partial charge < -0.3 is 15.5 Å². The third-order valence-corrected chi connectivity index (χ3v) is 4.17. The Balaban J connectivity index is 1.68. The molecule has 0 radical (unpaired) electrons. The minimum Gasteiger partial charge on any atom is -0.337 e. The van der Waals surface area contributed by atoms with Gasteiger partial charge in [0.25, 0.3) is 0 Å². The maximum absolute atomic E-state index is 12.9. The number of piperidine rings is 1. The smallest absolute Gasteiger partial charge is 0.315 e. The van der Waals surface area contributed by atoms with E-state index in [0.717, 1.165) is 31.1 Å². The van der Waals surface area contributed by atoms with E-state index in [1.165, 1.54) is 25.0 Å². The molecule has 0 aliphatic carbocycles. The van der Waals surface area contributed by atoms with Crippen molar-refractivity contribution in [3.63, 3.8) is 0 Å². The van der Waals surface area contributed by atoms with E-state index in [2.05, 4.69) is 22.5 Å². The fourth-order valence-electron chi connectivity index (χ4n) is 2.90. The highest BCUT2D eigenvalue weighted by molar-refractivity contribution is 5.74. The normalized spacial score (nSPS) is 20.4. The summed E-state index contributed by atoms with van der Waals surface area (Å²) < 4.78 is 12.9. The van der Waals surface area contributed by atoms with Gasteiger partial charge in [0, 0.05) is 19.6 Å². The zero-order valence-electron chi connectivity index (χ0n) is 13.4. The molecule has 1 aliphatic rings. The van der Waals surface area contributed by atoms with Crippen molar-refractivity contribution >= 4 is 6.03 Å². The highest BCUT2D eigenvalue weighted by Crippen LogP contribution is 2.14. The van der Waals surface area contributed by atoms with Crippen LogP contribution in [0.15, 0.2) is 24.3 Å². The monoisotopic (exact) mass is 307 g/mol. The molecule has 1 saturated heterocycles. The molecule has 5 heteroatoms. The van der Waals surface area contributed by atoms with Gasteiger partial charge in [0.05, 0.1) is 6.04 Å². The van der Waals surface area contributed by atoms with Crippen LogP contribution in [0, 0.1) is 11.7 Å². The van der Waals surface area contributed by atoms with Crippen LogP contribution in [0.2, 0.25) is 0 Å². The van der Waals surface area contributed by atoms with E-state index in [-0.39, 0.29) is 17.9 Å². The molecule has 22 heavy (non-hydrogen) atoms. The predicted molar refractivity (Wildman–Crippen MR) is 86.2 cm³/mol. The lowest BCUT2D eigenvalue weighted by atomic mass is 10.0. The van der Waals surface area contributed by atoms with Gasteiger partial charge in [-0.2, -0.15) is 0 Å². The van der Waals surface area contributed by atoms with Crippen molar-refractivity contribution in [1.82, 2.24) is 15.5 Å². The summed E-state index contributed by atoms with van der Waals surface area (Å²) in [4.78, 5) is 14.3. The minimum atomic E-state index is -0.267. The number of urea groups is 1. The van der Waals surface area contributed by atoms with E-state index in [1.54, 1.807) is 12.1 Å². The van der Waals surface area contributed by atoms with Crippen molar-refractivity contribution < 1.29 is 9.18 Å². The van der Waals surface area contributed by atoms with Gasteiger partial charge in [-0.3, -0.25) is 0 Å². The van der Waals surface area contributed by atoms with Crippen LogP contribution in [-0.2, 0) is 0 Å². The Labute approximate surface area is 132 Å². The predicted octanol–water partition coefficient (Wildman–Crippen LogP) is 2.92. The van der Waals surface area contributed by atoms with Crippen molar-refractivity contribution in [3.05, 3.63) is 35.6 Å². The van der Waals surface area contributed by atoms with E-state index < -0.39 is 0 Å². The third kappa shape index (κ3) is 5.30. The molecule has 1 aromatic rings.